The minimum Gasteiger partial charge on any atom is -0.480 e. The summed E-state index contributed by atoms with van der Waals surface area (Å²) < 4.78 is 0. The summed E-state index contributed by atoms with van der Waals surface area (Å²) in [5.41, 5.74) is 0. The molecule has 1 heterocycles. The summed E-state index contributed by atoms with van der Waals surface area (Å²) in [6.07, 6.45) is 0. The SMILES string of the molecule is C[C@H](NC(=O)[C@@H]1CSC(=O)N1)C(=O)O. The van der Waals surface area contributed by atoms with E-state index in [1.807, 2.05) is 0 Å². The molecule has 1 aliphatic rings. The van der Waals surface area contributed by atoms with E-state index in [4.69, 9.17) is 5.11 Å². The first-order chi connectivity index (χ1) is 6.50. The second kappa shape index (κ2) is 4.32. The van der Waals surface area contributed by atoms with Gasteiger partial charge in [0.05, 0.1) is 0 Å². The smallest absolute Gasteiger partial charge is 0.325 e. The minimum absolute atomic E-state index is 0.256. The molecule has 2 amide bonds. The zero-order chi connectivity index (χ0) is 10.7. The van der Waals surface area contributed by atoms with E-state index in [2.05, 4.69) is 10.6 Å². The van der Waals surface area contributed by atoms with E-state index < -0.39 is 24.0 Å². The predicted molar refractivity (Wildman–Crippen MR) is 50.0 cm³/mol. The first kappa shape index (κ1) is 10.8. The van der Waals surface area contributed by atoms with Crippen LogP contribution in [0.1, 0.15) is 6.92 Å². The maximum atomic E-state index is 11.3. The van der Waals surface area contributed by atoms with Crippen molar-refractivity contribution < 1.29 is 19.5 Å². The van der Waals surface area contributed by atoms with Crippen molar-refractivity contribution in [1.29, 1.82) is 0 Å². The van der Waals surface area contributed by atoms with Gasteiger partial charge in [-0.3, -0.25) is 14.4 Å². The van der Waals surface area contributed by atoms with Crippen LogP contribution in [0.4, 0.5) is 4.79 Å². The fraction of sp³-hybridized carbons (Fsp3) is 0.571. The number of amides is 2. The molecule has 0 aromatic rings. The molecule has 1 rings (SSSR count). The molecule has 0 unspecified atom stereocenters. The Kier molecular flexibility index (Phi) is 3.34. The molecule has 0 aliphatic carbocycles. The van der Waals surface area contributed by atoms with Crippen molar-refractivity contribution in [3.8, 4) is 0 Å². The number of nitrogens with one attached hydrogen (secondary N) is 2. The third kappa shape index (κ3) is 2.63. The average Bonchev–Trinajstić information content (AvgIpc) is 2.51. The van der Waals surface area contributed by atoms with Gasteiger partial charge >= 0.3 is 5.97 Å². The van der Waals surface area contributed by atoms with Crippen LogP contribution < -0.4 is 10.6 Å². The number of rotatable bonds is 3. The second-order valence-corrected chi connectivity index (χ2v) is 3.86. The van der Waals surface area contributed by atoms with Crippen LogP contribution in [0.25, 0.3) is 0 Å². The fourth-order valence-corrected chi connectivity index (χ4v) is 1.68. The molecule has 3 N–H and O–H groups in total. The number of hydrogen-bond donors (Lipinski definition) is 3. The summed E-state index contributed by atoms with van der Waals surface area (Å²) in [7, 11) is 0. The summed E-state index contributed by atoms with van der Waals surface area (Å²) in [5.74, 6) is -1.22. The third-order valence-electron chi connectivity index (χ3n) is 1.72. The van der Waals surface area contributed by atoms with Crippen molar-refractivity contribution in [3.05, 3.63) is 0 Å². The van der Waals surface area contributed by atoms with Crippen LogP contribution in [0, 0.1) is 0 Å². The van der Waals surface area contributed by atoms with Crippen molar-refractivity contribution in [2.24, 2.45) is 0 Å². The lowest BCUT2D eigenvalue weighted by Gasteiger charge is -2.12. The molecule has 1 fully saturated rings. The van der Waals surface area contributed by atoms with Gasteiger partial charge in [-0.15, -0.1) is 0 Å². The van der Waals surface area contributed by atoms with E-state index in [-0.39, 0.29) is 5.24 Å². The van der Waals surface area contributed by atoms with Crippen LogP contribution in [0.3, 0.4) is 0 Å². The van der Waals surface area contributed by atoms with Gasteiger partial charge in [0, 0.05) is 5.75 Å². The van der Waals surface area contributed by atoms with Crippen molar-refractivity contribution >= 4 is 28.9 Å². The van der Waals surface area contributed by atoms with Crippen LogP contribution in [0.2, 0.25) is 0 Å². The van der Waals surface area contributed by atoms with Gasteiger partial charge in [-0.1, -0.05) is 11.8 Å². The van der Waals surface area contributed by atoms with Crippen molar-refractivity contribution in [3.63, 3.8) is 0 Å². The Balaban J connectivity index is 2.42. The molecule has 78 valence electrons. The molecule has 0 spiro atoms. The van der Waals surface area contributed by atoms with Crippen LogP contribution in [-0.4, -0.2) is 40.1 Å². The first-order valence-electron chi connectivity index (χ1n) is 3.97. The van der Waals surface area contributed by atoms with Gasteiger partial charge in [-0.25, -0.2) is 0 Å². The summed E-state index contributed by atoms with van der Waals surface area (Å²) >= 11 is 1.01. The van der Waals surface area contributed by atoms with Crippen molar-refractivity contribution in [2.45, 2.75) is 19.0 Å². The third-order valence-corrected chi connectivity index (χ3v) is 2.60. The molecule has 0 bridgehead atoms. The number of thioether (sulfide) groups is 1. The van der Waals surface area contributed by atoms with E-state index in [0.29, 0.717) is 5.75 Å². The number of carboxylic acid groups (broad SMARTS) is 1. The first-order valence-corrected chi connectivity index (χ1v) is 4.95. The molecule has 0 aromatic carbocycles. The number of aliphatic carboxylic acids is 1. The standard InChI is InChI=1S/C7H10N2O4S/c1-3(6(11)12)8-5(10)4-2-14-7(13)9-4/h3-4H,2H2,1H3,(H,8,10)(H,9,13)(H,11,12)/t3-,4-/m0/s1. The topological polar surface area (TPSA) is 95.5 Å². The molecule has 0 aromatic heterocycles. The molecule has 0 radical (unpaired) electrons. The number of carboxylic acids is 1. The Hall–Kier alpha value is -1.24. The lowest BCUT2D eigenvalue weighted by molar-refractivity contribution is -0.141. The van der Waals surface area contributed by atoms with E-state index in [1.54, 1.807) is 0 Å². The molecule has 7 heteroatoms. The molecule has 14 heavy (non-hydrogen) atoms. The van der Waals surface area contributed by atoms with Gasteiger partial charge < -0.3 is 15.7 Å². The van der Waals surface area contributed by atoms with Gasteiger partial charge in [0.15, 0.2) is 0 Å². The average molecular weight is 218 g/mol. The van der Waals surface area contributed by atoms with E-state index in [9.17, 15) is 14.4 Å². The number of carbonyl (C=O) groups excluding carboxylic acids is 2. The largest absolute Gasteiger partial charge is 0.480 e. The van der Waals surface area contributed by atoms with Gasteiger partial charge in [-0.05, 0) is 6.92 Å². The van der Waals surface area contributed by atoms with E-state index in [1.165, 1.54) is 6.92 Å². The highest BCUT2D eigenvalue weighted by molar-refractivity contribution is 8.14. The Morgan fingerprint density at radius 1 is 1.71 bits per heavy atom. The normalized spacial score (nSPS) is 22.6. The number of carbonyl (C=O) groups is 3. The lowest BCUT2D eigenvalue weighted by atomic mass is 10.2. The Bertz CT molecular complexity index is 281. The zero-order valence-corrected chi connectivity index (χ0v) is 8.26. The van der Waals surface area contributed by atoms with Crippen LogP contribution in [-0.2, 0) is 9.59 Å². The van der Waals surface area contributed by atoms with Gasteiger partial charge in [0.2, 0.25) is 5.91 Å². The minimum atomic E-state index is -1.10. The highest BCUT2D eigenvalue weighted by Crippen LogP contribution is 2.12. The van der Waals surface area contributed by atoms with Crippen LogP contribution >= 0.6 is 11.8 Å². The molecule has 1 saturated heterocycles. The monoisotopic (exact) mass is 218 g/mol. The maximum absolute atomic E-state index is 11.3. The van der Waals surface area contributed by atoms with Crippen LogP contribution in [0.15, 0.2) is 0 Å². The van der Waals surface area contributed by atoms with Crippen LogP contribution in [0.5, 0.6) is 0 Å². The van der Waals surface area contributed by atoms with Gasteiger partial charge in [-0.2, -0.15) is 0 Å². The lowest BCUT2D eigenvalue weighted by Crippen LogP contribution is -2.48. The van der Waals surface area contributed by atoms with Crippen molar-refractivity contribution in [1.82, 2.24) is 10.6 Å². The summed E-state index contributed by atoms with van der Waals surface area (Å²) in [4.78, 5) is 32.4. The molecule has 6 nitrogen and oxygen atoms in total. The summed E-state index contributed by atoms with van der Waals surface area (Å²) in [5, 5.41) is 13.0. The molecule has 1 aliphatic heterocycles. The highest BCUT2D eigenvalue weighted by atomic mass is 32.2. The predicted octanol–water partition coefficient (Wildman–Crippen LogP) is -0.599. The van der Waals surface area contributed by atoms with E-state index >= 15 is 0 Å². The molecular weight excluding hydrogens is 208 g/mol. The second-order valence-electron chi connectivity index (χ2n) is 2.86. The maximum Gasteiger partial charge on any atom is 0.325 e. The molecular formula is C7H10N2O4S. The Morgan fingerprint density at radius 3 is 2.79 bits per heavy atom. The highest BCUT2D eigenvalue weighted by Gasteiger charge is 2.29. The van der Waals surface area contributed by atoms with Gasteiger partial charge in [0.1, 0.15) is 12.1 Å². The summed E-state index contributed by atoms with van der Waals surface area (Å²) in [6, 6.07) is -1.56. The summed E-state index contributed by atoms with van der Waals surface area (Å²) in [6.45, 7) is 1.37. The quantitative estimate of drug-likeness (QED) is 0.588. The Labute approximate surface area is 84.4 Å². The van der Waals surface area contributed by atoms with Gasteiger partial charge in [0.25, 0.3) is 5.24 Å². The van der Waals surface area contributed by atoms with E-state index in [0.717, 1.165) is 11.8 Å². The fourth-order valence-electron chi connectivity index (χ4n) is 0.902. The van der Waals surface area contributed by atoms with Crippen molar-refractivity contribution in [2.75, 3.05) is 5.75 Å². The zero-order valence-electron chi connectivity index (χ0n) is 7.44. The molecule has 2 atom stereocenters. The number of hydrogen-bond acceptors (Lipinski definition) is 4. The molecule has 0 saturated carbocycles. The Morgan fingerprint density at radius 2 is 2.36 bits per heavy atom.